The van der Waals surface area contributed by atoms with Crippen molar-refractivity contribution >= 4 is 0 Å². The van der Waals surface area contributed by atoms with Gasteiger partial charge in [-0.1, -0.05) is 44.5 Å². The molecule has 0 saturated carbocycles. The lowest BCUT2D eigenvalue weighted by atomic mass is 9.84. The highest BCUT2D eigenvalue weighted by molar-refractivity contribution is 5.36. The first-order chi connectivity index (χ1) is 7.74. The third-order valence-electron chi connectivity index (χ3n) is 4.04. The number of aryl methyl sites for hydroxylation is 1. The van der Waals surface area contributed by atoms with Crippen LogP contribution in [-0.2, 0) is 6.42 Å². The van der Waals surface area contributed by atoms with Crippen LogP contribution in [0.5, 0.6) is 0 Å². The third-order valence-corrected chi connectivity index (χ3v) is 4.04. The number of benzene rings is 1. The van der Waals surface area contributed by atoms with E-state index in [1.165, 1.54) is 36.8 Å². The Bertz CT molecular complexity index is 345. The van der Waals surface area contributed by atoms with Crippen LogP contribution in [0.3, 0.4) is 0 Å². The zero-order valence-electron chi connectivity index (χ0n) is 10.4. The van der Waals surface area contributed by atoms with Crippen LogP contribution in [-0.4, -0.2) is 6.04 Å². The summed E-state index contributed by atoms with van der Waals surface area (Å²) in [4.78, 5) is 0. The molecule has 0 amide bonds. The van der Waals surface area contributed by atoms with Gasteiger partial charge >= 0.3 is 0 Å². The van der Waals surface area contributed by atoms with Crippen molar-refractivity contribution in [1.82, 2.24) is 0 Å². The van der Waals surface area contributed by atoms with E-state index < -0.39 is 0 Å². The first-order valence-electron chi connectivity index (χ1n) is 6.57. The van der Waals surface area contributed by atoms with Crippen molar-refractivity contribution in [2.45, 2.75) is 51.5 Å². The second-order valence-electron chi connectivity index (χ2n) is 5.19. The fourth-order valence-electron chi connectivity index (χ4n) is 3.03. The predicted octanol–water partition coefficient (Wildman–Crippen LogP) is 3.48. The van der Waals surface area contributed by atoms with Gasteiger partial charge in [0.2, 0.25) is 0 Å². The Balaban J connectivity index is 2.12. The molecule has 3 atom stereocenters. The predicted molar refractivity (Wildman–Crippen MR) is 69.6 cm³/mol. The Hall–Kier alpha value is -0.820. The number of hydrogen-bond acceptors (Lipinski definition) is 1. The number of fused-ring (bicyclic) bond motifs is 1. The van der Waals surface area contributed by atoms with Crippen LogP contribution in [0.1, 0.15) is 50.2 Å². The van der Waals surface area contributed by atoms with Crippen LogP contribution < -0.4 is 5.73 Å². The lowest BCUT2D eigenvalue weighted by Crippen LogP contribution is -2.34. The maximum Gasteiger partial charge on any atom is 0.0134 e. The normalized spacial score (nSPS) is 22.8. The molecule has 1 aliphatic carbocycles. The van der Waals surface area contributed by atoms with E-state index in [4.69, 9.17) is 5.73 Å². The number of rotatable bonds is 4. The van der Waals surface area contributed by atoms with E-state index in [9.17, 15) is 0 Å². The molecule has 88 valence electrons. The van der Waals surface area contributed by atoms with Gasteiger partial charge in [0.05, 0.1) is 0 Å². The highest BCUT2D eigenvalue weighted by Gasteiger charge is 2.29. The third kappa shape index (κ3) is 2.15. The van der Waals surface area contributed by atoms with E-state index in [0.717, 1.165) is 0 Å². The summed E-state index contributed by atoms with van der Waals surface area (Å²) in [7, 11) is 0. The summed E-state index contributed by atoms with van der Waals surface area (Å²) in [6.45, 7) is 4.54. The van der Waals surface area contributed by atoms with Crippen LogP contribution in [0, 0.1) is 5.92 Å². The van der Waals surface area contributed by atoms with Gasteiger partial charge < -0.3 is 5.73 Å². The topological polar surface area (TPSA) is 26.0 Å². The molecule has 3 unspecified atom stereocenters. The number of hydrogen-bond donors (Lipinski definition) is 1. The molecule has 2 rings (SSSR count). The van der Waals surface area contributed by atoms with Crippen LogP contribution in [0.4, 0.5) is 0 Å². The maximum absolute atomic E-state index is 6.42. The van der Waals surface area contributed by atoms with Gasteiger partial charge in [-0.3, -0.25) is 0 Å². The summed E-state index contributed by atoms with van der Waals surface area (Å²) < 4.78 is 0. The highest BCUT2D eigenvalue weighted by Crippen LogP contribution is 2.37. The summed E-state index contributed by atoms with van der Waals surface area (Å²) in [6, 6.07) is 9.15. The Labute approximate surface area is 99.0 Å². The zero-order valence-corrected chi connectivity index (χ0v) is 10.4. The van der Waals surface area contributed by atoms with Crippen molar-refractivity contribution in [1.29, 1.82) is 0 Å². The van der Waals surface area contributed by atoms with Gasteiger partial charge in [0, 0.05) is 6.04 Å². The Morgan fingerprint density at radius 3 is 2.88 bits per heavy atom. The molecule has 1 nitrogen and oxygen atoms in total. The molecule has 0 aromatic heterocycles. The summed E-state index contributed by atoms with van der Waals surface area (Å²) >= 11 is 0. The summed E-state index contributed by atoms with van der Waals surface area (Å²) in [5.74, 6) is 1.24. The van der Waals surface area contributed by atoms with E-state index in [0.29, 0.717) is 17.9 Å². The molecule has 1 aromatic carbocycles. The molecule has 1 aliphatic rings. The largest absolute Gasteiger partial charge is 0.327 e. The molecule has 0 heterocycles. The molecule has 0 aliphatic heterocycles. The fraction of sp³-hybridized carbons (Fsp3) is 0.600. The average Bonchev–Trinajstić information content (AvgIpc) is 2.72. The molecule has 0 saturated heterocycles. The Morgan fingerprint density at radius 2 is 2.12 bits per heavy atom. The SMILES string of the molecule is CCCC(C)C(N)C1CCc2ccccc21. The standard InChI is InChI=1S/C15H23N/c1-3-6-11(2)15(16)14-10-9-12-7-4-5-8-13(12)14/h4-5,7-8,11,14-15H,3,6,9-10,16H2,1-2H3. The van der Waals surface area contributed by atoms with Crippen LogP contribution in [0.2, 0.25) is 0 Å². The van der Waals surface area contributed by atoms with Crippen molar-refractivity contribution in [3.05, 3.63) is 35.4 Å². The molecule has 2 N–H and O–H groups in total. The first-order valence-corrected chi connectivity index (χ1v) is 6.57. The highest BCUT2D eigenvalue weighted by atomic mass is 14.7. The summed E-state index contributed by atoms with van der Waals surface area (Å²) in [5.41, 5.74) is 9.46. The quantitative estimate of drug-likeness (QED) is 0.821. The van der Waals surface area contributed by atoms with Crippen molar-refractivity contribution in [2.75, 3.05) is 0 Å². The van der Waals surface area contributed by atoms with Gasteiger partial charge in [0.25, 0.3) is 0 Å². The minimum absolute atomic E-state index is 0.337. The van der Waals surface area contributed by atoms with E-state index in [1.807, 2.05) is 0 Å². The van der Waals surface area contributed by atoms with Crippen molar-refractivity contribution in [2.24, 2.45) is 11.7 Å². The number of nitrogens with two attached hydrogens (primary N) is 1. The maximum atomic E-state index is 6.42. The molecule has 0 fully saturated rings. The lowest BCUT2D eigenvalue weighted by molar-refractivity contribution is 0.366. The fourth-order valence-corrected chi connectivity index (χ4v) is 3.03. The van der Waals surface area contributed by atoms with E-state index in [1.54, 1.807) is 0 Å². The molecular weight excluding hydrogens is 194 g/mol. The molecule has 1 aromatic rings. The molecule has 0 bridgehead atoms. The lowest BCUT2D eigenvalue weighted by Gasteiger charge is -2.26. The second-order valence-corrected chi connectivity index (χ2v) is 5.19. The minimum Gasteiger partial charge on any atom is -0.327 e. The Morgan fingerprint density at radius 1 is 1.38 bits per heavy atom. The van der Waals surface area contributed by atoms with E-state index >= 15 is 0 Å². The molecular formula is C15H23N. The first kappa shape index (κ1) is 11.7. The monoisotopic (exact) mass is 217 g/mol. The molecule has 1 heteroatoms. The van der Waals surface area contributed by atoms with Crippen LogP contribution >= 0.6 is 0 Å². The van der Waals surface area contributed by atoms with Gasteiger partial charge in [-0.25, -0.2) is 0 Å². The smallest absolute Gasteiger partial charge is 0.0134 e. The Kier molecular flexibility index (Phi) is 3.65. The molecule has 0 spiro atoms. The van der Waals surface area contributed by atoms with E-state index in [-0.39, 0.29) is 0 Å². The van der Waals surface area contributed by atoms with Gasteiger partial charge in [-0.2, -0.15) is 0 Å². The van der Waals surface area contributed by atoms with Crippen LogP contribution in [0.25, 0.3) is 0 Å². The zero-order chi connectivity index (χ0) is 11.5. The van der Waals surface area contributed by atoms with Crippen molar-refractivity contribution < 1.29 is 0 Å². The van der Waals surface area contributed by atoms with Crippen molar-refractivity contribution in [3.8, 4) is 0 Å². The van der Waals surface area contributed by atoms with Gasteiger partial charge in [0.1, 0.15) is 0 Å². The van der Waals surface area contributed by atoms with Crippen LogP contribution in [0.15, 0.2) is 24.3 Å². The van der Waals surface area contributed by atoms with Gasteiger partial charge in [-0.15, -0.1) is 0 Å². The summed E-state index contributed by atoms with van der Waals surface area (Å²) in [6.07, 6.45) is 4.95. The second kappa shape index (κ2) is 5.01. The van der Waals surface area contributed by atoms with Gasteiger partial charge in [-0.05, 0) is 42.2 Å². The molecule has 16 heavy (non-hydrogen) atoms. The van der Waals surface area contributed by atoms with Crippen molar-refractivity contribution in [3.63, 3.8) is 0 Å². The summed E-state index contributed by atoms with van der Waals surface area (Å²) in [5, 5.41) is 0. The van der Waals surface area contributed by atoms with Gasteiger partial charge in [0.15, 0.2) is 0 Å². The average molecular weight is 217 g/mol. The van der Waals surface area contributed by atoms with E-state index in [2.05, 4.69) is 38.1 Å². The molecule has 0 radical (unpaired) electrons. The minimum atomic E-state index is 0.337.